The average molecular weight is 272 g/mol. The molecule has 0 fully saturated rings. The number of hydrogen-bond acceptors (Lipinski definition) is 4. The predicted octanol–water partition coefficient (Wildman–Crippen LogP) is 3.46. The molecular formula is C16H16O4. The van der Waals surface area contributed by atoms with Gasteiger partial charge in [-0.3, -0.25) is 0 Å². The van der Waals surface area contributed by atoms with Gasteiger partial charge in [-0.15, -0.1) is 0 Å². The Hall–Kier alpha value is -2.62. The lowest BCUT2D eigenvalue weighted by atomic mass is 10.2. The standard InChI is InChI=1S/C16H16O4/c1-18-14-4-3-5-15(11-14)20-7-6-12-8-13(17)10-16(9-12)19-2/h3-11,17H,1-2H3/b7-6+. The summed E-state index contributed by atoms with van der Waals surface area (Å²) in [5.74, 6) is 2.14. The van der Waals surface area contributed by atoms with Gasteiger partial charge in [-0.2, -0.15) is 0 Å². The van der Waals surface area contributed by atoms with E-state index in [4.69, 9.17) is 14.2 Å². The van der Waals surface area contributed by atoms with Crippen LogP contribution in [0.4, 0.5) is 0 Å². The number of phenolic OH excluding ortho intramolecular Hbond substituents is 1. The van der Waals surface area contributed by atoms with Gasteiger partial charge in [0.25, 0.3) is 0 Å². The summed E-state index contributed by atoms with van der Waals surface area (Å²) >= 11 is 0. The van der Waals surface area contributed by atoms with E-state index in [1.165, 1.54) is 0 Å². The molecule has 0 saturated carbocycles. The summed E-state index contributed by atoms with van der Waals surface area (Å²) in [6, 6.07) is 12.3. The van der Waals surface area contributed by atoms with Gasteiger partial charge < -0.3 is 19.3 Å². The number of rotatable bonds is 5. The van der Waals surface area contributed by atoms with Crippen molar-refractivity contribution in [1.82, 2.24) is 0 Å². The van der Waals surface area contributed by atoms with Gasteiger partial charge >= 0.3 is 0 Å². The number of aromatic hydroxyl groups is 1. The van der Waals surface area contributed by atoms with Crippen molar-refractivity contribution in [2.45, 2.75) is 0 Å². The molecule has 0 heterocycles. The molecule has 20 heavy (non-hydrogen) atoms. The van der Waals surface area contributed by atoms with Crippen LogP contribution in [0.5, 0.6) is 23.0 Å². The van der Waals surface area contributed by atoms with Crippen molar-refractivity contribution in [2.24, 2.45) is 0 Å². The number of phenols is 1. The highest BCUT2D eigenvalue weighted by molar-refractivity contribution is 5.54. The summed E-state index contributed by atoms with van der Waals surface area (Å²) in [7, 11) is 3.16. The third-order valence-corrected chi connectivity index (χ3v) is 2.66. The van der Waals surface area contributed by atoms with E-state index in [-0.39, 0.29) is 5.75 Å². The number of ether oxygens (including phenoxy) is 3. The Balaban J connectivity index is 2.07. The van der Waals surface area contributed by atoms with E-state index in [2.05, 4.69) is 0 Å². The smallest absolute Gasteiger partial charge is 0.130 e. The topological polar surface area (TPSA) is 47.9 Å². The molecule has 1 N–H and O–H groups in total. The van der Waals surface area contributed by atoms with Crippen molar-refractivity contribution in [3.05, 3.63) is 54.3 Å². The lowest BCUT2D eigenvalue weighted by Crippen LogP contribution is -1.86. The zero-order valence-electron chi connectivity index (χ0n) is 11.4. The van der Waals surface area contributed by atoms with Gasteiger partial charge in [0.2, 0.25) is 0 Å². The van der Waals surface area contributed by atoms with Gasteiger partial charge in [-0.1, -0.05) is 6.07 Å². The van der Waals surface area contributed by atoms with Crippen molar-refractivity contribution in [3.8, 4) is 23.0 Å². The molecule has 0 saturated heterocycles. The van der Waals surface area contributed by atoms with Gasteiger partial charge in [0.15, 0.2) is 0 Å². The first kappa shape index (κ1) is 13.8. The predicted molar refractivity (Wildman–Crippen MR) is 77.3 cm³/mol. The first-order valence-corrected chi connectivity index (χ1v) is 6.06. The number of methoxy groups -OCH3 is 2. The molecule has 0 spiro atoms. The SMILES string of the molecule is COc1cc(O)cc(/C=C/Oc2cccc(OC)c2)c1. The zero-order valence-corrected chi connectivity index (χ0v) is 11.4. The molecule has 0 radical (unpaired) electrons. The van der Waals surface area contributed by atoms with Crippen molar-refractivity contribution >= 4 is 6.08 Å². The van der Waals surface area contributed by atoms with Crippen LogP contribution in [0.1, 0.15) is 5.56 Å². The second-order valence-electron chi connectivity index (χ2n) is 4.06. The van der Waals surface area contributed by atoms with Crippen LogP contribution in [0, 0.1) is 0 Å². The third-order valence-electron chi connectivity index (χ3n) is 2.66. The van der Waals surface area contributed by atoms with Crippen LogP contribution in [0.15, 0.2) is 48.7 Å². The lowest BCUT2D eigenvalue weighted by molar-refractivity contribution is 0.407. The molecule has 104 valence electrons. The molecule has 0 unspecified atom stereocenters. The molecule has 4 nitrogen and oxygen atoms in total. The van der Waals surface area contributed by atoms with E-state index in [0.717, 1.165) is 11.3 Å². The van der Waals surface area contributed by atoms with Crippen molar-refractivity contribution in [3.63, 3.8) is 0 Å². The molecule has 0 atom stereocenters. The van der Waals surface area contributed by atoms with Gasteiger partial charge in [0.05, 0.1) is 20.5 Å². The Morgan fingerprint density at radius 2 is 1.65 bits per heavy atom. The van der Waals surface area contributed by atoms with Gasteiger partial charge in [-0.05, 0) is 35.9 Å². The second kappa shape index (κ2) is 6.52. The van der Waals surface area contributed by atoms with Gasteiger partial charge in [0.1, 0.15) is 23.0 Å². The fourth-order valence-electron chi connectivity index (χ4n) is 1.69. The molecule has 0 aromatic heterocycles. The van der Waals surface area contributed by atoms with Crippen molar-refractivity contribution < 1.29 is 19.3 Å². The quantitative estimate of drug-likeness (QED) is 0.847. The van der Waals surface area contributed by atoms with Crippen LogP contribution >= 0.6 is 0 Å². The van der Waals surface area contributed by atoms with Crippen LogP contribution < -0.4 is 14.2 Å². The van der Waals surface area contributed by atoms with Gasteiger partial charge in [0, 0.05) is 12.1 Å². The monoisotopic (exact) mass is 272 g/mol. The van der Waals surface area contributed by atoms with Crippen molar-refractivity contribution in [2.75, 3.05) is 14.2 Å². The van der Waals surface area contributed by atoms with E-state index in [0.29, 0.717) is 11.5 Å². The van der Waals surface area contributed by atoms with Crippen LogP contribution in [-0.2, 0) is 0 Å². The molecule has 2 rings (SSSR count). The fourth-order valence-corrected chi connectivity index (χ4v) is 1.69. The molecule has 2 aromatic carbocycles. The number of benzene rings is 2. The minimum absolute atomic E-state index is 0.144. The Morgan fingerprint density at radius 1 is 0.900 bits per heavy atom. The molecule has 0 aliphatic rings. The largest absolute Gasteiger partial charge is 0.508 e. The number of hydrogen-bond donors (Lipinski definition) is 1. The highest BCUT2D eigenvalue weighted by Gasteiger charge is 1.98. The summed E-state index contributed by atoms with van der Waals surface area (Å²) in [4.78, 5) is 0. The second-order valence-corrected chi connectivity index (χ2v) is 4.06. The summed E-state index contributed by atoms with van der Waals surface area (Å²) in [5.41, 5.74) is 0.782. The summed E-state index contributed by atoms with van der Waals surface area (Å²) in [6.45, 7) is 0. The Kier molecular flexibility index (Phi) is 4.50. The third kappa shape index (κ3) is 3.68. The first-order chi connectivity index (χ1) is 9.71. The molecule has 0 bridgehead atoms. The minimum Gasteiger partial charge on any atom is -0.508 e. The molecule has 4 heteroatoms. The summed E-state index contributed by atoms with van der Waals surface area (Å²) in [5, 5.41) is 9.54. The maximum Gasteiger partial charge on any atom is 0.130 e. The highest BCUT2D eigenvalue weighted by Crippen LogP contribution is 2.23. The van der Waals surface area contributed by atoms with Crippen LogP contribution in [0.2, 0.25) is 0 Å². The molecular weight excluding hydrogens is 256 g/mol. The normalized spacial score (nSPS) is 10.5. The van der Waals surface area contributed by atoms with E-state index in [9.17, 15) is 5.11 Å². The highest BCUT2D eigenvalue weighted by atomic mass is 16.5. The maximum absolute atomic E-state index is 9.54. The fraction of sp³-hybridized carbons (Fsp3) is 0.125. The van der Waals surface area contributed by atoms with Gasteiger partial charge in [-0.25, -0.2) is 0 Å². The van der Waals surface area contributed by atoms with Crippen molar-refractivity contribution in [1.29, 1.82) is 0 Å². The Labute approximate surface area is 117 Å². The Bertz CT molecular complexity index is 605. The Morgan fingerprint density at radius 3 is 2.40 bits per heavy atom. The molecule has 0 aliphatic heterocycles. The average Bonchev–Trinajstić information content (AvgIpc) is 2.47. The summed E-state index contributed by atoms with van der Waals surface area (Å²) < 4.78 is 15.7. The maximum atomic E-state index is 9.54. The van der Waals surface area contributed by atoms with Crippen LogP contribution in [0.3, 0.4) is 0 Å². The molecule has 0 aliphatic carbocycles. The van der Waals surface area contributed by atoms with E-state index < -0.39 is 0 Å². The van der Waals surface area contributed by atoms with Crippen LogP contribution in [-0.4, -0.2) is 19.3 Å². The lowest BCUT2D eigenvalue weighted by Gasteiger charge is -2.04. The van der Waals surface area contributed by atoms with E-state index in [1.54, 1.807) is 50.8 Å². The van der Waals surface area contributed by atoms with E-state index in [1.807, 2.05) is 18.2 Å². The molecule has 2 aromatic rings. The molecule has 0 amide bonds. The van der Waals surface area contributed by atoms with Crippen LogP contribution in [0.25, 0.3) is 6.08 Å². The minimum atomic E-state index is 0.144. The zero-order chi connectivity index (χ0) is 14.4. The summed E-state index contributed by atoms with van der Waals surface area (Å²) in [6.07, 6.45) is 3.28. The van der Waals surface area contributed by atoms with E-state index >= 15 is 0 Å². The first-order valence-electron chi connectivity index (χ1n) is 6.06.